The van der Waals surface area contributed by atoms with Crippen LogP contribution < -0.4 is 6.15 Å². The van der Waals surface area contributed by atoms with Gasteiger partial charge < -0.3 is 11.3 Å². The Hall–Kier alpha value is -1.80. The summed E-state index contributed by atoms with van der Waals surface area (Å²) < 4.78 is 0. The zero-order chi connectivity index (χ0) is 11.3. The minimum Gasteiger partial charge on any atom is -0.507 e. The van der Waals surface area contributed by atoms with Crippen molar-refractivity contribution < 1.29 is 5.11 Å². The van der Waals surface area contributed by atoms with Gasteiger partial charge in [0.25, 0.3) is 0 Å². The van der Waals surface area contributed by atoms with Gasteiger partial charge in [-0.25, -0.2) is 0 Å². The molecule has 0 unspecified atom stereocenters. The maximum Gasteiger partial charge on any atom is 0.122 e. The molecule has 88 valence electrons. The maximum absolute atomic E-state index is 10.2. The minimum absolute atomic E-state index is 0. The van der Waals surface area contributed by atoms with E-state index in [4.69, 9.17) is 0 Å². The summed E-state index contributed by atoms with van der Waals surface area (Å²) in [4.78, 5) is 0. The van der Waals surface area contributed by atoms with Crippen molar-refractivity contribution in [3.8, 4) is 16.9 Å². The van der Waals surface area contributed by atoms with E-state index in [1.807, 2.05) is 6.92 Å². The molecule has 0 saturated heterocycles. The quantitative estimate of drug-likeness (QED) is 0.614. The molecule has 0 fully saturated rings. The van der Waals surface area contributed by atoms with Crippen molar-refractivity contribution in [3.05, 3.63) is 52.6 Å². The van der Waals surface area contributed by atoms with Gasteiger partial charge in [-0.3, -0.25) is 0 Å². The number of phenolic OH excluding ortho intramolecular Hbond substituents is 1. The molecule has 1 aliphatic rings. The molecule has 2 aromatic carbocycles. The highest BCUT2D eigenvalue weighted by Crippen LogP contribution is 2.43. The molecule has 0 aliphatic heterocycles. The largest absolute Gasteiger partial charge is 0.507 e. The van der Waals surface area contributed by atoms with Gasteiger partial charge in [-0.1, -0.05) is 30.3 Å². The average Bonchev–Trinajstić information content (AvgIpc) is 2.65. The Morgan fingerprint density at radius 2 is 1.76 bits per heavy atom. The molecule has 0 saturated carbocycles. The first-order chi connectivity index (χ1) is 7.68. The molecule has 0 aromatic heterocycles. The third-order valence-corrected chi connectivity index (χ3v) is 3.59. The van der Waals surface area contributed by atoms with Crippen LogP contribution in [0.4, 0.5) is 0 Å². The molecular formula is C15H17NO. The van der Waals surface area contributed by atoms with Gasteiger partial charge in [0, 0.05) is 12.0 Å². The van der Waals surface area contributed by atoms with Gasteiger partial charge >= 0.3 is 0 Å². The number of hydrogen-bond acceptors (Lipinski definition) is 2. The Morgan fingerprint density at radius 1 is 1.06 bits per heavy atom. The van der Waals surface area contributed by atoms with Crippen molar-refractivity contribution in [1.29, 1.82) is 0 Å². The molecule has 0 bridgehead atoms. The molecule has 1 aliphatic carbocycles. The molecule has 4 N–H and O–H groups in total. The predicted molar refractivity (Wildman–Crippen MR) is 70.8 cm³/mol. The van der Waals surface area contributed by atoms with E-state index in [2.05, 4.69) is 37.3 Å². The molecule has 17 heavy (non-hydrogen) atoms. The van der Waals surface area contributed by atoms with Crippen molar-refractivity contribution in [3.63, 3.8) is 0 Å². The first-order valence-electron chi connectivity index (χ1n) is 5.59. The zero-order valence-corrected chi connectivity index (χ0v) is 10.2. The Kier molecular flexibility index (Phi) is 2.68. The lowest BCUT2D eigenvalue weighted by atomic mass is 9.98. The normalized spacial score (nSPS) is 11.6. The second-order valence-corrected chi connectivity index (χ2v) is 4.53. The number of benzene rings is 2. The van der Waals surface area contributed by atoms with E-state index < -0.39 is 0 Å². The van der Waals surface area contributed by atoms with Crippen LogP contribution in [-0.4, -0.2) is 5.11 Å². The van der Waals surface area contributed by atoms with Gasteiger partial charge in [0.1, 0.15) is 5.75 Å². The van der Waals surface area contributed by atoms with Crippen LogP contribution in [0.5, 0.6) is 5.75 Å². The highest BCUT2D eigenvalue weighted by molar-refractivity contribution is 5.80. The number of rotatable bonds is 0. The lowest BCUT2D eigenvalue weighted by Gasteiger charge is -2.09. The van der Waals surface area contributed by atoms with Crippen molar-refractivity contribution in [2.24, 2.45) is 0 Å². The summed E-state index contributed by atoms with van der Waals surface area (Å²) in [5.74, 6) is 0.478. The second-order valence-electron chi connectivity index (χ2n) is 4.53. The molecule has 0 amide bonds. The molecule has 2 heteroatoms. The fourth-order valence-electron chi connectivity index (χ4n) is 2.50. The van der Waals surface area contributed by atoms with E-state index in [0.29, 0.717) is 5.75 Å². The standard InChI is InChI=1S/C15H14O.H3N/c1-9-7-13-12-6-4-3-5-11(12)8-14(13)15(16)10(9)2;/h3-7,16H,8H2,1-2H3;1H3. The predicted octanol–water partition coefficient (Wildman–Crippen LogP) is 3.74. The summed E-state index contributed by atoms with van der Waals surface area (Å²) in [6.45, 7) is 4.03. The summed E-state index contributed by atoms with van der Waals surface area (Å²) in [6.07, 6.45) is 0.860. The summed E-state index contributed by atoms with van der Waals surface area (Å²) in [6, 6.07) is 10.6. The van der Waals surface area contributed by atoms with Crippen molar-refractivity contribution in [2.75, 3.05) is 0 Å². The summed E-state index contributed by atoms with van der Waals surface area (Å²) in [5, 5.41) is 10.2. The topological polar surface area (TPSA) is 55.2 Å². The Morgan fingerprint density at radius 3 is 2.53 bits per heavy atom. The molecule has 0 heterocycles. The zero-order valence-electron chi connectivity index (χ0n) is 10.2. The van der Waals surface area contributed by atoms with Gasteiger partial charge in [0.15, 0.2) is 0 Å². The number of aromatic hydroxyl groups is 1. The van der Waals surface area contributed by atoms with E-state index in [0.717, 1.165) is 23.1 Å². The fraction of sp³-hybridized carbons (Fsp3) is 0.200. The average molecular weight is 227 g/mol. The summed E-state index contributed by atoms with van der Waals surface area (Å²) >= 11 is 0. The van der Waals surface area contributed by atoms with Crippen LogP contribution in [0.3, 0.4) is 0 Å². The molecular weight excluding hydrogens is 210 g/mol. The van der Waals surface area contributed by atoms with Gasteiger partial charge in [-0.05, 0) is 41.7 Å². The number of hydrogen-bond donors (Lipinski definition) is 2. The van der Waals surface area contributed by atoms with Crippen LogP contribution in [0.2, 0.25) is 0 Å². The first kappa shape index (κ1) is 11.7. The van der Waals surface area contributed by atoms with Crippen molar-refractivity contribution >= 4 is 0 Å². The van der Waals surface area contributed by atoms with Crippen LogP contribution in [-0.2, 0) is 6.42 Å². The van der Waals surface area contributed by atoms with Crippen LogP contribution >= 0.6 is 0 Å². The highest BCUT2D eigenvalue weighted by atomic mass is 16.3. The van der Waals surface area contributed by atoms with Crippen molar-refractivity contribution in [1.82, 2.24) is 6.15 Å². The van der Waals surface area contributed by atoms with E-state index in [1.165, 1.54) is 16.7 Å². The molecule has 2 aromatic rings. The second kappa shape index (κ2) is 3.90. The molecule has 3 rings (SSSR count). The number of phenols is 1. The highest BCUT2D eigenvalue weighted by Gasteiger charge is 2.22. The Balaban J connectivity index is 0.00000108. The third kappa shape index (κ3) is 1.53. The van der Waals surface area contributed by atoms with Crippen LogP contribution in [0, 0.1) is 13.8 Å². The lowest BCUT2D eigenvalue weighted by Crippen LogP contribution is -1.89. The molecule has 0 atom stereocenters. The smallest absolute Gasteiger partial charge is 0.122 e. The fourth-order valence-corrected chi connectivity index (χ4v) is 2.50. The monoisotopic (exact) mass is 227 g/mol. The van der Waals surface area contributed by atoms with Gasteiger partial charge in [0.05, 0.1) is 0 Å². The first-order valence-corrected chi connectivity index (χ1v) is 5.59. The van der Waals surface area contributed by atoms with Crippen LogP contribution in [0.15, 0.2) is 30.3 Å². The SMILES string of the molecule is Cc1cc2c(c(O)c1C)Cc1ccccc1-2.N. The number of fused-ring (bicyclic) bond motifs is 3. The van der Waals surface area contributed by atoms with E-state index >= 15 is 0 Å². The van der Waals surface area contributed by atoms with Crippen molar-refractivity contribution in [2.45, 2.75) is 20.3 Å². The Labute approximate surface area is 102 Å². The molecule has 0 spiro atoms. The Bertz CT molecular complexity index is 588. The number of aryl methyl sites for hydroxylation is 1. The molecule has 2 nitrogen and oxygen atoms in total. The van der Waals surface area contributed by atoms with Crippen LogP contribution in [0.25, 0.3) is 11.1 Å². The van der Waals surface area contributed by atoms with Gasteiger partial charge in [0.2, 0.25) is 0 Å². The third-order valence-electron chi connectivity index (χ3n) is 3.59. The maximum atomic E-state index is 10.2. The molecule has 0 radical (unpaired) electrons. The van der Waals surface area contributed by atoms with E-state index in [1.54, 1.807) is 0 Å². The van der Waals surface area contributed by atoms with Crippen LogP contribution in [0.1, 0.15) is 22.3 Å². The van der Waals surface area contributed by atoms with Gasteiger partial charge in [-0.15, -0.1) is 0 Å². The van der Waals surface area contributed by atoms with E-state index in [-0.39, 0.29) is 6.15 Å². The lowest BCUT2D eigenvalue weighted by molar-refractivity contribution is 0.465. The minimum atomic E-state index is 0. The summed E-state index contributed by atoms with van der Waals surface area (Å²) in [7, 11) is 0. The van der Waals surface area contributed by atoms with E-state index in [9.17, 15) is 5.11 Å². The summed E-state index contributed by atoms with van der Waals surface area (Å²) in [5.41, 5.74) is 7.05. The van der Waals surface area contributed by atoms with Gasteiger partial charge in [-0.2, -0.15) is 0 Å².